The van der Waals surface area contributed by atoms with Crippen LogP contribution in [0, 0.1) is 11.8 Å². The minimum Gasteiger partial charge on any atom is -0.497 e. The van der Waals surface area contributed by atoms with Crippen LogP contribution >= 0.6 is 0 Å². The van der Waals surface area contributed by atoms with Crippen molar-refractivity contribution < 1.29 is 23.4 Å². The van der Waals surface area contributed by atoms with Crippen molar-refractivity contribution in [3.63, 3.8) is 0 Å². The number of carboxylic acids is 1. The molecule has 1 fully saturated rings. The van der Waals surface area contributed by atoms with Gasteiger partial charge in [-0.3, -0.25) is 9.78 Å². The van der Waals surface area contributed by atoms with Crippen LogP contribution in [0.2, 0.25) is 0 Å². The van der Waals surface area contributed by atoms with Crippen LogP contribution in [0.25, 0.3) is 10.9 Å². The van der Waals surface area contributed by atoms with E-state index in [-0.39, 0.29) is 18.3 Å². The van der Waals surface area contributed by atoms with Gasteiger partial charge in [-0.05, 0) is 99.0 Å². The second-order valence-corrected chi connectivity index (χ2v) is 9.57. The number of ether oxygens (including phenoxy) is 1. The summed E-state index contributed by atoms with van der Waals surface area (Å²) in [6, 6.07) is 11.2. The number of methoxy groups -OCH3 is 1. The van der Waals surface area contributed by atoms with Crippen LogP contribution in [0.1, 0.15) is 56.0 Å². The number of hydrogen-bond acceptors (Lipinski definition) is 5. The number of alkyl halides is 1. The highest BCUT2D eigenvalue weighted by Crippen LogP contribution is 2.36. The molecule has 1 saturated heterocycles. The number of benzene rings is 1. The molecule has 4 rings (SSSR count). The highest BCUT2D eigenvalue weighted by Gasteiger charge is 2.31. The predicted molar refractivity (Wildman–Crippen MR) is 133 cm³/mol. The first-order valence-corrected chi connectivity index (χ1v) is 12.6. The van der Waals surface area contributed by atoms with Crippen LogP contribution in [-0.4, -0.2) is 47.7 Å². The minimum atomic E-state index is -1.13. The Morgan fingerprint density at radius 1 is 1.29 bits per heavy atom. The molecule has 3 heterocycles. The predicted octanol–water partition coefficient (Wildman–Crippen LogP) is 6.06. The first-order chi connectivity index (χ1) is 17.0. The van der Waals surface area contributed by atoms with Gasteiger partial charge in [0.1, 0.15) is 17.7 Å². The number of pyridine rings is 1. The summed E-state index contributed by atoms with van der Waals surface area (Å²) < 4.78 is 26.1. The van der Waals surface area contributed by atoms with E-state index in [9.17, 15) is 9.90 Å². The molecule has 0 saturated carbocycles. The second-order valence-electron chi connectivity index (χ2n) is 9.57. The Morgan fingerprint density at radius 3 is 2.94 bits per heavy atom. The number of unbranched alkanes of at least 4 members (excludes halogenated alkanes) is 1. The summed E-state index contributed by atoms with van der Waals surface area (Å²) in [6.07, 6.45) is 7.35. The topological polar surface area (TPSA) is 75.8 Å². The number of hydrogen-bond donors (Lipinski definition) is 1. The highest BCUT2D eigenvalue weighted by atomic mass is 19.1. The Hall–Kier alpha value is -2.93. The number of rotatable bonds is 12. The molecule has 0 unspecified atom stereocenters. The maximum Gasteiger partial charge on any atom is 0.303 e. The number of fused-ring (bicyclic) bond motifs is 1. The van der Waals surface area contributed by atoms with Crippen LogP contribution in [0.4, 0.5) is 4.39 Å². The van der Waals surface area contributed by atoms with Crippen molar-refractivity contribution in [1.29, 1.82) is 0 Å². The Bertz CT molecular complexity index is 1090. The number of carboxylic acid groups (broad SMARTS) is 1. The standard InChI is InChI=1S/C28H35FN2O4/c1-34-23-8-10-27-25(18-23)24(11-13-30-27)26(29)9-7-20-12-15-31(19-21(20)17-28(32)33)14-3-2-5-22-6-4-16-35-22/h4,6,8,10-11,13,16,18,20-21,26H,2-3,5,7,9,12,14-15,17,19H2,1H3,(H,32,33)/t20-,21+,26-/m1/s1. The van der Waals surface area contributed by atoms with Crippen molar-refractivity contribution in [1.82, 2.24) is 9.88 Å². The van der Waals surface area contributed by atoms with Gasteiger partial charge in [-0.2, -0.15) is 0 Å². The molecule has 35 heavy (non-hydrogen) atoms. The van der Waals surface area contributed by atoms with Crippen LogP contribution in [0.5, 0.6) is 5.75 Å². The maximum absolute atomic E-state index is 15.4. The molecule has 1 aliphatic heterocycles. The lowest BCUT2D eigenvalue weighted by molar-refractivity contribution is -0.139. The van der Waals surface area contributed by atoms with E-state index in [1.807, 2.05) is 30.3 Å². The van der Waals surface area contributed by atoms with Crippen molar-refractivity contribution >= 4 is 16.9 Å². The third-order valence-corrected chi connectivity index (χ3v) is 7.25. The molecule has 6 nitrogen and oxygen atoms in total. The molecule has 3 aromatic rings. The fourth-order valence-corrected chi connectivity index (χ4v) is 5.35. The van der Waals surface area contributed by atoms with Gasteiger partial charge in [0.15, 0.2) is 0 Å². The molecule has 0 bridgehead atoms. The highest BCUT2D eigenvalue weighted by molar-refractivity contribution is 5.83. The van der Waals surface area contributed by atoms with Crippen molar-refractivity contribution in [2.45, 2.75) is 51.1 Å². The van der Waals surface area contributed by atoms with Crippen LogP contribution in [0.3, 0.4) is 0 Å². The number of nitrogens with zero attached hydrogens (tertiary/aromatic N) is 2. The monoisotopic (exact) mass is 482 g/mol. The number of furan rings is 1. The SMILES string of the molecule is COc1ccc2nccc([C@H](F)CC[C@@H]3CCN(CCCCc4ccco4)C[C@@H]3CC(=O)O)c2c1. The summed E-state index contributed by atoms with van der Waals surface area (Å²) in [5.41, 5.74) is 1.37. The zero-order chi connectivity index (χ0) is 24.6. The van der Waals surface area contributed by atoms with Crippen molar-refractivity contribution in [2.24, 2.45) is 11.8 Å². The summed E-state index contributed by atoms with van der Waals surface area (Å²) in [5, 5.41) is 10.3. The van der Waals surface area contributed by atoms with Crippen molar-refractivity contribution in [2.75, 3.05) is 26.7 Å². The molecule has 0 radical (unpaired) electrons. The van der Waals surface area contributed by atoms with Gasteiger partial charge in [-0.15, -0.1) is 0 Å². The zero-order valence-corrected chi connectivity index (χ0v) is 20.4. The quantitative estimate of drug-likeness (QED) is 0.316. The minimum absolute atomic E-state index is 0.0489. The first-order valence-electron chi connectivity index (χ1n) is 12.6. The Morgan fingerprint density at radius 2 is 2.17 bits per heavy atom. The van der Waals surface area contributed by atoms with E-state index in [1.165, 1.54) is 0 Å². The van der Waals surface area contributed by atoms with E-state index in [0.29, 0.717) is 24.2 Å². The Kier molecular flexibility index (Phi) is 8.74. The molecule has 7 heteroatoms. The van der Waals surface area contributed by atoms with Gasteiger partial charge in [0, 0.05) is 31.0 Å². The molecule has 0 aliphatic carbocycles. The second kappa shape index (κ2) is 12.2. The number of carbonyl (C=O) groups is 1. The number of halogens is 1. The van der Waals surface area contributed by atoms with Crippen LogP contribution < -0.4 is 4.74 Å². The van der Waals surface area contributed by atoms with Crippen molar-refractivity contribution in [3.8, 4) is 5.75 Å². The van der Waals surface area contributed by atoms with Gasteiger partial charge in [-0.1, -0.05) is 0 Å². The lowest BCUT2D eigenvalue weighted by Crippen LogP contribution is -2.41. The number of aryl methyl sites for hydroxylation is 1. The summed E-state index contributed by atoms with van der Waals surface area (Å²) in [4.78, 5) is 18.3. The smallest absolute Gasteiger partial charge is 0.303 e. The number of likely N-dealkylation sites (tertiary alicyclic amines) is 1. The fraction of sp³-hybridized carbons (Fsp3) is 0.500. The van der Waals surface area contributed by atoms with Crippen LogP contribution in [-0.2, 0) is 11.2 Å². The molecule has 3 atom stereocenters. The number of aliphatic carboxylic acids is 1. The third kappa shape index (κ3) is 6.82. The van der Waals surface area contributed by atoms with Gasteiger partial charge >= 0.3 is 5.97 Å². The number of piperidine rings is 1. The largest absolute Gasteiger partial charge is 0.497 e. The lowest BCUT2D eigenvalue weighted by atomic mass is 9.79. The van der Waals surface area contributed by atoms with E-state index in [0.717, 1.165) is 62.0 Å². The van der Waals surface area contributed by atoms with Gasteiger partial charge in [-0.25, -0.2) is 4.39 Å². The normalized spacial score (nSPS) is 19.6. The van der Waals surface area contributed by atoms with E-state index in [2.05, 4.69) is 9.88 Å². The third-order valence-electron chi connectivity index (χ3n) is 7.25. The molecule has 2 aromatic heterocycles. The van der Waals surface area contributed by atoms with Gasteiger partial charge in [0.25, 0.3) is 0 Å². The van der Waals surface area contributed by atoms with Gasteiger partial charge in [0.05, 0.1) is 18.9 Å². The van der Waals surface area contributed by atoms with Crippen LogP contribution in [0.15, 0.2) is 53.3 Å². The first kappa shape index (κ1) is 25.2. The molecule has 0 amide bonds. The molecule has 1 aliphatic rings. The van der Waals surface area contributed by atoms with Crippen molar-refractivity contribution in [3.05, 3.63) is 60.2 Å². The summed E-state index contributed by atoms with van der Waals surface area (Å²) >= 11 is 0. The van der Waals surface area contributed by atoms with E-state index in [4.69, 9.17) is 9.15 Å². The summed E-state index contributed by atoms with van der Waals surface area (Å²) in [5.74, 6) is 1.17. The molecular weight excluding hydrogens is 447 g/mol. The Labute approximate surface area is 206 Å². The molecule has 188 valence electrons. The van der Waals surface area contributed by atoms with E-state index < -0.39 is 12.1 Å². The fourth-order valence-electron chi connectivity index (χ4n) is 5.35. The zero-order valence-electron chi connectivity index (χ0n) is 20.4. The Balaban J connectivity index is 1.32. The molecule has 0 spiro atoms. The lowest BCUT2D eigenvalue weighted by Gasteiger charge is -2.38. The maximum atomic E-state index is 15.4. The van der Waals surface area contributed by atoms with Gasteiger partial charge in [0.2, 0.25) is 0 Å². The molecule has 1 aromatic carbocycles. The van der Waals surface area contributed by atoms with E-state index >= 15 is 4.39 Å². The average molecular weight is 483 g/mol. The molecular formula is C28H35FN2O4. The summed E-state index contributed by atoms with van der Waals surface area (Å²) in [7, 11) is 1.60. The number of aromatic nitrogens is 1. The average Bonchev–Trinajstić information content (AvgIpc) is 3.38. The summed E-state index contributed by atoms with van der Waals surface area (Å²) in [6.45, 7) is 2.66. The van der Waals surface area contributed by atoms with E-state index in [1.54, 1.807) is 25.6 Å². The van der Waals surface area contributed by atoms with Gasteiger partial charge < -0.3 is 19.2 Å². The molecule has 1 N–H and O–H groups in total.